The van der Waals surface area contributed by atoms with Gasteiger partial charge in [-0.1, -0.05) is 24.3 Å². The summed E-state index contributed by atoms with van der Waals surface area (Å²) in [5.74, 6) is 0.257. The fourth-order valence-electron chi connectivity index (χ4n) is 1.86. The van der Waals surface area contributed by atoms with E-state index in [1.54, 1.807) is 16.9 Å². The van der Waals surface area contributed by atoms with Crippen molar-refractivity contribution in [2.45, 2.75) is 6.92 Å². The number of anilines is 1. The van der Waals surface area contributed by atoms with Crippen LogP contribution in [0.15, 0.2) is 36.7 Å². The number of rotatable bonds is 1. The third-order valence-electron chi connectivity index (χ3n) is 2.67. The number of aryl methyl sites for hydroxylation is 1. The van der Waals surface area contributed by atoms with E-state index in [9.17, 15) is 0 Å². The molecule has 0 unspecified atom stereocenters. The lowest BCUT2D eigenvalue weighted by atomic mass is 10.1. The number of nitrogens with two attached hydrogens (primary N) is 1. The third kappa shape index (κ3) is 1.52. The Morgan fingerprint density at radius 1 is 1.24 bits per heavy atom. The third-order valence-corrected chi connectivity index (χ3v) is 2.67. The molecule has 0 radical (unpaired) electrons. The van der Waals surface area contributed by atoms with Crippen LogP contribution in [0.4, 0.5) is 5.95 Å². The van der Waals surface area contributed by atoms with Crippen LogP contribution in [0.5, 0.6) is 0 Å². The fourth-order valence-corrected chi connectivity index (χ4v) is 1.86. The summed E-state index contributed by atoms with van der Waals surface area (Å²) >= 11 is 0. The zero-order chi connectivity index (χ0) is 11.8. The highest BCUT2D eigenvalue weighted by Gasteiger charge is 2.10. The number of fused-ring (bicyclic) bond motifs is 1. The van der Waals surface area contributed by atoms with Crippen molar-refractivity contribution in [3.63, 3.8) is 0 Å². The molecule has 5 nitrogen and oxygen atoms in total. The van der Waals surface area contributed by atoms with Gasteiger partial charge in [-0.25, -0.2) is 4.52 Å². The van der Waals surface area contributed by atoms with Crippen LogP contribution in [0.2, 0.25) is 0 Å². The van der Waals surface area contributed by atoms with E-state index in [1.807, 2.05) is 31.2 Å². The summed E-state index contributed by atoms with van der Waals surface area (Å²) in [4.78, 5) is 8.57. The maximum atomic E-state index is 5.60. The molecule has 1 aromatic carbocycles. The molecule has 3 rings (SSSR count). The second kappa shape index (κ2) is 3.55. The topological polar surface area (TPSA) is 69.1 Å². The summed E-state index contributed by atoms with van der Waals surface area (Å²) in [5, 5.41) is 4.07. The van der Waals surface area contributed by atoms with Gasteiger partial charge in [0.25, 0.3) is 0 Å². The van der Waals surface area contributed by atoms with Gasteiger partial charge in [-0.3, -0.25) is 4.98 Å². The standard InChI is InChI=1S/C12H11N5/c1-8-4-2-3-5-9(8)10-11-15-12(13)16-17(11)7-6-14-10/h2-7H,1H3,(H2,13,16). The van der Waals surface area contributed by atoms with Crippen molar-refractivity contribution in [2.24, 2.45) is 0 Å². The minimum absolute atomic E-state index is 0.257. The number of benzene rings is 1. The van der Waals surface area contributed by atoms with Crippen molar-refractivity contribution in [1.29, 1.82) is 0 Å². The molecule has 0 spiro atoms. The lowest BCUT2D eigenvalue weighted by molar-refractivity contribution is 0.953. The van der Waals surface area contributed by atoms with E-state index >= 15 is 0 Å². The van der Waals surface area contributed by atoms with E-state index in [-0.39, 0.29) is 5.95 Å². The molecule has 0 aliphatic carbocycles. The average Bonchev–Trinajstić information content (AvgIpc) is 2.70. The minimum atomic E-state index is 0.257. The molecule has 0 atom stereocenters. The Labute approximate surface area is 97.9 Å². The first-order chi connectivity index (χ1) is 8.25. The molecule has 84 valence electrons. The molecule has 5 heteroatoms. The van der Waals surface area contributed by atoms with Gasteiger partial charge >= 0.3 is 0 Å². The van der Waals surface area contributed by atoms with Gasteiger partial charge in [0.2, 0.25) is 5.95 Å². The molecule has 0 saturated carbocycles. The summed E-state index contributed by atoms with van der Waals surface area (Å²) < 4.78 is 1.64. The molecular formula is C12H11N5. The predicted molar refractivity (Wildman–Crippen MR) is 65.4 cm³/mol. The quantitative estimate of drug-likeness (QED) is 0.684. The number of aromatic nitrogens is 4. The summed E-state index contributed by atoms with van der Waals surface area (Å²) in [7, 11) is 0. The molecule has 0 aliphatic heterocycles. The zero-order valence-electron chi connectivity index (χ0n) is 9.33. The molecule has 3 aromatic rings. The highest BCUT2D eigenvalue weighted by atomic mass is 15.3. The summed E-state index contributed by atoms with van der Waals surface area (Å²) in [6.45, 7) is 2.04. The number of hydrogen-bond acceptors (Lipinski definition) is 4. The molecule has 0 aliphatic rings. The molecule has 2 heterocycles. The van der Waals surface area contributed by atoms with Crippen molar-refractivity contribution in [3.05, 3.63) is 42.2 Å². The van der Waals surface area contributed by atoms with Crippen molar-refractivity contribution < 1.29 is 0 Å². The van der Waals surface area contributed by atoms with Gasteiger partial charge in [-0.05, 0) is 12.5 Å². The SMILES string of the molecule is Cc1ccccc1-c1nccn2nc(N)nc12. The van der Waals surface area contributed by atoms with Gasteiger partial charge < -0.3 is 5.73 Å². The van der Waals surface area contributed by atoms with Crippen molar-refractivity contribution in [1.82, 2.24) is 19.6 Å². The number of hydrogen-bond donors (Lipinski definition) is 1. The zero-order valence-corrected chi connectivity index (χ0v) is 9.33. The summed E-state index contributed by atoms with van der Waals surface area (Å²) in [5.41, 5.74) is 9.28. The van der Waals surface area contributed by atoms with E-state index in [0.717, 1.165) is 16.8 Å². The Morgan fingerprint density at radius 2 is 2.06 bits per heavy atom. The van der Waals surface area contributed by atoms with Crippen molar-refractivity contribution in [3.8, 4) is 11.3 Å². The van der Waals surface area contributed by atoms with Gasteiger partial charge in [-0.15, -0.1) is 5.10 Å². The second-order valence-corrected chi connectivity index (χ2v) is 3.83. The maximum Gasteiger partial charge on any atom is 0.240 e. The molecule has 17 heavy (non-hydrogen) atoms. The molecule has 0 bridgehead atoms. The Bertz CT molecular complexity index is 686. The maximum absolute atomic E-state index is 5.60. The lowest BCUT2D eigenvalue weighted by Crippen LogP contribution is -1.94. The van der Waals surface area contributed by atoms with Gasteiger partial charge in [-0.2, -0.15) is 4.98 Å². The van der Waals surface area contributed by atoms with E-state index in [2.05, 4.69) is 15.1 Å². The largest absolute Gasteiger partial charge is 0.366 e. The lowest BCUT2D eigenvalue weighted by Gasteiger charge is -2.04. The van der Waals surface area contributed by atoms with Crippen LogP contribution in [0.25, 0.3) is 16.9 Å². The van der Waals surface area contributed by atoms with Crippen molar-refractivity contribution in [2.75, 3.05) is 5.73 Å². The van der Waals surface area contributed by atoms with Gasteiger partial charge in [0.05, 0.1) is 0 Å². The first-order valence-corrected chi connectivity index (χ1v) is 5.28. The Balaban J connectivity index is 2.34. The van der Waals surface area contributed by atoms with Crippen LogP contribution in [0, 0.1) is 6.92 Å². The number of nitrogen functional groups attached to an aromatic ring is 1. The Hall–Kier alpha value is -2.43. The van der Waals surface area contributed by atoms with Gasteiger partial charge in [0.1, 0.15) is 5.69 Å². The van der Waals surface area contributed by atoms with Crippen LogP contribution in [-0.4, -0.2) is 19.6 Å². The molecule has 0 fully saturated rings. The van der Waals surface area contributed by atoms with Crippen LogP contribution in [-0.2, 0) is 0 Å². The smallest absolute Gasteiger partial charge is 0.240 e. The minimum Gasteiger partial charge on any atom is -0.366 e. The highest BCUT2D eigenvalue weighted by molar-refractivity contribution is 5.76. The molecule has 0 saturated heterocycles. The summed E-state index contributed by atoms with van der Waals surface area (Å²) in [6, 6.07) is 8.03. The molecule has 2 aromatic heterocycles. The van der Waals surface area contributed by atoms with E-state index < -0.39 is 0 Å². The van der Waals surface area contributed by atoms with Gasteiger partial charge in [0, 0.05) is 18.0 Å². The van der Waals surface area contributed by atoms with E-state index in [4.69, 9.17) is 5.73 Å². The predicted octanol–water partition coefficient (Wildman–Crippen LogP) is 1.68. The summed E-state index contributed by atoms with van der Waals surface area (Å²) in [6.07, 6.45) is 3.43. The van der Waals surface area contributed by atoms with Gasteiger partial charge in [0.15, 0.2) is 5.65 Å². The molecular weight excluding hydrogens is 214 g/mol. The van der Waals surface area contributed by atoms with Crippen LogP contribution < -0.4 is 5.73 Å². The van der Waals surface area contributed by atoms with E-state index in [0.29, 0.717) is 5.65 Å². The second-order valence-electron chi connectivity index (χ2n) is 3.83. The molecule has 2 N–H and O–H groups in total. The molecule has 0 amide bonds. The normalized spacial score (nSPS) is 10.9. The average molecular weight is 225 g/mol. The van der Waals surface area contributed by atoms with E-state index in [1.165, 1.54) is 0 Å². The van der Waals surface area contributed by atoms with Crippen molar-refractivity contribution >= 4 is 11.6 Å². The van der Waals surface area contributed by atoms with Crippen LogP contribution >= 0.6 is 0 Å². The fraction of sp³-hybridized carbons (Fsp3) is 0.0833. The Morgan fingerprint density at radius 3 is 2.88 bits per heavy atom. The van der Waals surface area contributed by atoms with Crippen LogP contribution in [0.3, 0.4) is 0 Å². The Kier molecular flexibility index (Phi) is 2.04. The monoisotopic (exact) mass is 225 g/mol. The van der Waals surface area contributed by atoms with Crippen LogP contribution in [0.1, 0.15) is 5.56 Å². The highest BCUT2D eigenvalue weighted by Crippen LogP contribution is 2.24. The first kappa shape index (κ1) is 9.77. The number of nitrogens with zero attached hydrogens (tertiary/aromatic N) is 4. The first-order valence-electron chi connectivity index (χ1n) is 5.28.